The standard InChI is InChI=1S/C33H39F3N4O4/c1-3-13-39(14-4-2)31(43)25-17-24(30(38)42)18-26(19-25)32(44)40(20-22-9-6-5-7-10-22)21-29(41)28(37)16-23-11-8-12-27(15-23)33(34,35)36/h5-12,15,17-19,28-29,41H,3-4,13-14,16,20-21,37H2,1-2H3,(H2,38,42)/t28-,29+/m0/s1. The van der Waals surface area contributed by atoms with E-state index in [0.717, 1.165) is 30.5 Å². The van der Waals surface area contributed by atoms with E-state index >= 15 is 0 Å². The van der Waals surface area contributed by atoms with Crippen molar-refractivity contribution < 1.29 is 32.7 Å². The van der Waals surface area contributed by atoms with Crippen molar-refractivity contribution in [2.24, 2.45) is 11.5 Å². The van der Waals surface area contributed by atoms with Crippen LogP contribution in [0.15, 0.2) is 72.8 Å². The third-order valence-electron chi connectivity index (χ3n) is 7.12. The molecule has 0 spiro atoms. The number of hydrogen-bond donors (Lipinski definition) is 3. The lowest BCUT2D eigenvalue weighted by Crippen LogP contribution is -2.46. The van der Waals surface area contributed by atoms with E-state index in [1.165, 1.54) is 35.2 Å². The summed E-state index contributed by atoms with van der Waals surface area (Å²) < 4.78 is 39.6. The Hall–Kier alpha value is -4.22. The predicted molar refractivity (Wildman–Crippen MR) is 162 cm³/mol. The summed E-state index contributed by atoms with van der Waals surface area (Å²) in [5.74, 6) is -1.75. The van der Waals surface area contributed by atoms with Crippen molar-refractivity contribution in [1.29, 1.82) is 0 Å². The summed E-state index contributed by atoms with van der Waals surface area (Å²) in [6.07, 6.45) is -4.48. The van der Waals surface area contributed by atoms with E-state index < -0.39 is 35.7 Å². The number of nitrogens with two attached hydrogens (primary N) is 2. The minimum absolute atomic E-state index is 0.0198. The summed E-state index contributed by atoms with van der Waals surface area (Å²) >= 11 is 0. The van der Waals surface area contributed by atoms with Crippen LogP contribution in [0.1, 0.15) is 74.5 Å². The summed E-state index contributed by atoms with van der Waals surface area (Å²) in [6, 6.07) is 16.7. The van der Waals surface area contributed by atoms with Gasteiger partial charge < -0.3 is 26.4 Å². The average molecular weight is 613 g/mol. The zero-order valence-corrected chi connectivity index (χ0v) is 24.9. The molecule has 0 unspecified atom stereocenters. The second-order valence-corrected chi connectivity index (χ2v) is 10.8. The first-order chi connectivity index (χ1) is 20.8. The number of alkyl halides is 3. The van der Waals surface area contributed by atoms with Gasteiger partial charge in [0.2, 0.25) is 5.91 Å². The molecule has 11 heteroatoms. The minimum atomic E-state index is -4.53. The summed E-state index contributed by atoms with van der Waals surface area (Å²) in [7, 11) is 0. The van der Waals surface area contributed by atoms with Gasteiger partial charge >= 0.3 is 6.18 Å². The Balaban J connectivity index is 1.93. The van der Waals surface area contributed by atoms with Gasteiger partial charge in [-0.3, -0.25) is 14.4 Å². The highest BCUT2D eigenvalue weighted by molar-refractivity contribution is 6.04. The fourth-order valence-electron chi connectivity index (χ4n) is 4.90. The second kappa shape index (κ2) is 15.5. The van der Waals surface area contributed by atoms with Crippen LogP contribution in [0.3, 0.4) is 0 Å². The number of halogens is 3. The van der Waals surface area contributed by atoms with E-state index in [1.54, 1.807) is 29.2 Å². The number of amides is 3. The van der Waals surface area contributed by atoms with Crippen molar-refractivity contribution in [3.63, 3.8) is 0 Å². The summed E-state index contributed by atoms with van der Waals surface area (Å²) in [5, 5.41) is 11.1. The number of primary amides is 1. The molecule has 8 nitrogen and oxygen atoms in total. The fourth-order valence-corrected chi connectivity index (χ4v) is 4.90. The molecule has 0 saturated carbocycles. The van der Waals surface area contributed by atoms with Gasteiger partial charge in [-0.15, -0.1) is 0 Å². The molecular weight excluding hydrogens is 573 g/mol. The molecule has 0 aliphatic rings. The number of benzene rings is 3. The smallest absolute Gasteiger partial charge is 0.390 e. The number of carbonyl (C=O) groups is 3. The van der Waals surface area contributed by atoms with Gasteiger partial charge in [-0.25, -0.2) is 0 Å². The third kappa shape index (κ3) is 9.39. The fraction of sp³-hybridized carbons (Fsp3) is 0.364. The first-order valence-electron chi connectivity index (χ1n) is 14.5. The van der Waals surface area contributed by atoms with Crippen molar-refractivity contribution in [2.45, 2.75) is 58.0 Å². The van der Waals surface area contributed by atoms with Gasteiger partial charge in [-0.05, 0) is 54.7 Å². The Morgan fingerprint density at radius 1 is 0.795 bits per heavy atom. The van der Waals surface area contributed by atoms with Crippen molar-refractivity contribution in [3.8, 4) is 0 Å². The molecule has 0 aliphatic heterocycles. The molecule has 5 N–H and O–H groups in total. The van der Waals surface area contributed by atoms with E-state index in [-0.39, 0.29) is 47.7 Å². The maximum Gasteiger partial charge on any atom is 0.416 e. The Labute approximate surface area is 255 Å². The zero-order valence-electron chi connectivity index (χ0n) is 24.9. The topological polar surface area (TPSA) is 130 Å². The molecule has 2 atom stereocenters. The van der Waals surface area contributed by atoms with Crippen LogP contribution in [0.2, 0.25) is 0 Å². The van der Waals surface area contributed by atoms with Crippen LogP contribution in [0.25, 0.3) is 0 Å². The molecule has 0 bridgehead atoms. The third-order valence-corrected chi connectivity index (χ3v) is 7.12. The molecule has 3 amide bonds. The van der Waals surface area contributed by atoms with Gasteiger partial charge in [0.25, 0.3) is 11.8 Å². The lowest BCUT2D eigenvalue weighted by Gasteiger charge is -2.29. The quantitative estimate of drug-likeness (QED) is 0.244. The van der Waals surface area contributed by atoms with Crippen molar-refractivity contribution in [2.75, 3.05) is 19.6 Å². The lowest BCUT2D eigenvalue weighted by atomic mass is 9.99. The highest BCUT2D eigenvalue weighted by Crippen LogP contribution is 2.30. The number of aliphatic hydroxyl groups is 1. The first-order valence-corrected chi connectivity index (χ1v) is 14.5. The molecule has 3 aromatic rings. The predicted octanol–water partition coefficient (Wildman–Crippen LogP) is 4.64. The number of carbonyl (C=O) groups excluding carboxylic acids is 3. The van der Waals surface area contributed by atoms with Crippen LogP contribution in [-0.2, 0) is 19.1 Å². The minimum Gasteiger partial charge on any atom is -0.390 e. The largest absolute Gasteiger partial charge is 0.416 e. The molecular formula is C33H39F3N4O4. The molecule has 44 heavy (non-hydrogen) atoms. The molecule has 236 valence electrons. The van der Waals surface area contributed by atoms with Crippen LogP contribution in [0.4, 0.5) is 13.2 Å². The Bertz CT molecular complexity index is 1430. The van der Waals surface area contributed by atoms with Gasteiger partial charge in [0.05, 0.1) is 11.7 Å². The summed E-state index contributed by atoms with van der Waals surface area (Å²) in [6.45, 7) is 4.65. The van der Waals surface area contributed by atoms with Crippen molar-refractivity contribution in [3.05, 3.63) is 106 Å². The van der Waals surface area contributed by atoms with E-state index in [2.05, 4.69) is 0 Å². The van der Waals surface area contributed by atoms with Crippen LogP contribution < -0.4 is 11.5 Å². The number of hydrogen-bond acceptors (Lipinski definition) is 5. The molecule has 3 aromatic carbocycles. The van der Waals surface area contributed by atoms with E-state index in [1.807, 2.05) is 19.9 Å². The number of rotatable bonds is 14. The molecule has 0 saturated heterocycles. The van der Waals surface area contributed by atoms with E-state index in [0.29, 0.717) is 13.1 Å². The lowest BCUT2D eigenvalue weighted by molar-refractivity contribution is -0.137. The maximum atomic E-state index is 14.0. The Morgan fingerprint density at radius 3 is 1.89 bits per heavy atom. The SMILES string of the molecule is CCCN(CCC)C(=O)c1cc(C(N)=O)cc(C(=O)N(Cc2ccccc2)C[C@@H](O)[C@@H](N)Cc2cccc(C(F)(F)F)c2)c1. The van der Waals surface area contributed by atoms with Crippen LogP contribution >= 0.6 is 0 Å². The molecule has 0 fully saturated rings. The number of aliphatic hydroxyl groups excluding tert-OH is 1. The van der Waals surface area contributed by atoms with E-state index in [9.17, 15) is 32.7 Å². The first kappa shape index (κ1) is 34.3. The summed E-state index contributed by atoms with van der Waals surface area (Å²) in [4.78, 5) is 42.5. The van der Waals surface area contributed by atoms with Crippen LogP contribution in [-0.4, -0.2) is 64.4 Å². The normalized spacial score (nSPS) is 12.8. The zero-order chi connectivity index (χ0) is 32.4. The monoisotopic (exact) mass is 612 g/mol. The highest BCUT2D eigenvalue weighted by atomic mass is 19.4. The highest BCUT2D eigenvalue weighted by Gasteiger charge is 2.31. The van der Waals surface area contributed by atoms with Gasteiger partial charge in [0, 0.05) is 48.9 Å². The Morgan fingerprint density at radius 2 is 1.34 bits per heavy atom. The van der Waals surface area contributed by atoms with E-state index in [4.69, 9.17) is 11.5 Å². The summed E-state index contributed by atoms with van der Waals surface area (Å²) in [5.41, 5.74) is 12.1. The second-order valence-electron chi connectivity index (χ2n) is 10.8. The molecule has 0 radical (unpaired) electrons. The van der Waals surface area contributed by atoms with Gasteiger partial charge in [-0.2, -0.15) is 13.2 Å². The van der Waals surface area contributed by atoms with Gasteiger partial charge in [0.1, 0.15) is 0 Å². The molecule has 0 aliphatic carbocycles. The number of nitrogens with zero attached hydrogens (tertiary/aromatic N) is 2. The Kier molecular flexibility index (Phi) is 12.1. The average Bonchev–Trinajstić information content (AvgIpc) is 2.99. The van der Waals surface area contributed by atoms with Crippen molar-refractivity contribution >= 4 is 17.7 Å². The molecule has 0 heterocycles. The van der Waals surface area contributed by atoms with Gasteiger partial charge in [-0.1, -0.05) is 62.4 Å². The molecule has 0 aromatic heterocycles. The molecule has 3 rings (SSSR count). The van der Waals surface area contributed by atoms with Crippen LogP contribution in [0, 0.1) is 0 Å². The van der Waals surface area contributed by atoms with Crippen molar-refractivity contribution in [1.82, 2.24) is 9.80 Å². The maximum absolute atomic E-state index is 14.0. The van der Waals surface area contributed by atoms with Crippen LogP contribution in [0.5, 0.6) is 0 Å². The van der Waals surface area contributed by atoms with Gasteiger partial charge in [0.15, 0.2) is 0 Å².